The Balaban J connectivity index is 2.37. The number of hydrogen-bond donors (Lipinski definition) is 5. The number of carbonyl (C=O) groups is 2. The maximum atomic E-state index is 12.5. The summed E-state index contributed by atoms with van der Waals surface area (Å²) >= 11 is 0. The van der Waals surface area contributed by atoms with Crippen molar-refractivity contribution in [2.75, 3.05) is 13.2 Å². The van der Waals surface area contributed by atoms with E-state index in [0.717, 1.165) is 38.5 Å². The predicted molar refractivity (Wildman–Crippen MR) is 190 cm³/mol. The van der Waals surface area contributed by atoms with Gasteiger partial charge in [-0.05, 0) is 38.0 Å². The van der Waals surface area contributed by atoms with Crippen LogP contribution in [-0.2, 0) is 28.2 Å². The molecule has 0 amide bonds. The lowest BCUT2D eigenvalue weighted by Gasteiger charge is -2.19. The highest BCUT2D eigenvalue weighted by Gasteiger charge is 2.39. The van der Waals surface area contributed by atoms with E-state index in [9.17, 15) is 29.5 Å². The molecule has 49 heavy (non-hydrogen) atoms. The first-order valence-corrected chi connectivity index (χ1v) is 20.4. The molecule has 0 aliphatic heterocycles. The van der Waals surface area contributed by atoms with Crippen molar-refractivity contribution in [3.05, 3.63) is 24.3 Å². The number of phosphoric acid groups is 1. The van der Waals surface area contributed by atoms with Gasteiger partial charge in [0.05, 0.1) is 24.9 Å². The predicted octanol–water partition coefficient (Wildman–Crippen LogP) is 7.22. The van der Waals surface area contributed by atoms with Crippen molar-refractivity contribution in [3.63, 3.8) is 0 Å². The van der Waals surface area contributed by atoms with Crippen LogP contribution in [0.3, 0.4) is 0 Å². The Morgan fingerprint density at radius 1 is 0.776 bits per heavy atom. The quantitative estimate of drug-likeness (QED) is 0.0219. The second-order valence-corrected chi connectivity index (χ2v) is 14.8. The lowest BCUT2D eigenvalue weighted by molar-refractivity contribution is -0.161. The molecule has 286 valence electrons. The number of phosphoric ester groups is 1. The van der Waals surface area contributed by atoms with E-state index in [0.29, 0.717) is 32.1 Å². The molecule has 6 atom stereocenters. The molecule has 0 unspecified atom stereocenters. The average molecular weight is 719 g/mol. The fraction of sp³-hybridized carbons (Fsp3) is 0.838. The van der Waals surface area contributed by atoms with Crippen molar-refractivity contribution in [2.45, 2.75) is 173 Å². The average Bonchev–Trinajstić information content (AvgIpc) is 3.32. The molecule has 5 N–H and O–H groups in total. The Bertz CT molecular complexity index is 966. The van der Waals surface area contributed by atoms with E-state index >= 15 is 0 Å². The van der Waals surface area contributed by atoms with Crippen molar-refractivity contribution < 1.29 is 53.3 Å². The maximum absolute atomic E-state index is 12.5. The Morgan fingerprint density at radius 2 is 1.37 bits per heavy atom. The molecular weight excluding hydrogens is 651 g/mol. The number of rotatable bonds is 30. The summed E-state index contributed by atoms with van der Waals surface area (Å²) in [5.41, 5.74) is 0. The van der Waals surface area contributed by atoms with Crippen LogP contribution in [0.5, 0.6) is 0 Å². The van der Waals surface area contributed by atoms with Gasteiger partial charge in [0.1, 0.15) is 6.61 Å². The number of ether oxygens (including phenoxy) is 2. The van der Waals surface area contributed by atoms with Crippen molar-refractivity contribution >= 4 is 19.8 Å². The van der Waals surface area contributed by atoms with Crippen LogP contribution in [0.25, 0.3) is 0 Å². The van der Waals surface area contributed by atoms with E-state index in [1.807, 2.05) is 18.2 Å². The van der Waals surface area contributed by atoms with Gasteiger partial charge in [0.15, 0.2) is 6.10 Å². The Labute approximate surface area is 295 Å². The number of unbranched alkanes of at least 4 members (excludes halogenated alkanes) is 13. The summed E-state index contributed by atoms with van der Waals surface area (Å²) in [6, 6.07) is 0. The highest BCUT2D eigenvalue weighted by Crippen LogP contribution is 2.37. The zero-order valence-electron chi connectivity index (χ0n) is 30.2. The van der Waals surface area contributed by atoms with E-state index in [1.54, 1.807) is 6.08 Å². The molecule has 0 bridgehead atoms. The smallest absolute Gasteiger partial charge is 0.462 e. The highest BCUT2D eigenvalue weighted by molar-refractivity contribution is 7.46. The van der Waals surface area contributed by atoms with E-state index in [1.165, 1.54) is 44.9 Å². The van der Waals surface area contributed by atoms with Crippen molar-refractivity contribution in [1.82, 2.24) is 0 Å². The summed E-state index contributed by atoms with van der Waals surface area (Å²) in [6.07, 6.45) is 22.9. The van der Waals surface area contributed by atoms with Gasteiger partial charge < -0.3 is 34.6 Å². The molecule has 1 rings (SSSR count). The van der Waals surface area contributed by atoms with Gasteiger partial charge in [-0.1, -0.05) is 122 Å². The van der Waals surface area contributed by atoms with Crippen LogP contribution in [0.2, 0.25) is 0 Å². The van der Waals surface area contributed by atoms with E-state index in [4.69, 9.17) is 19.3 Å². The van der Waals surface area contributed by atoms with Gasteiger partial charge in [0, 0.05) is 25.2 Å². The van der Waals surface area contributed by atoms with Crippen LogP contribution in [0.15, 0.2) is 24.3 Å². The van der Waals surface area contributed by atoms with Crippen molar-refractivity contribution in [1.29, 1.82) is 0 Å². The standard InChI is InChI=1S/C37H67O11P/c1-3-5-7-8-9-10-11-12-13-14-19-23-36(41)46-28-31(29-47-49(43,44)45)48-37(42)24-20-16-15-18-22-32-33(35(40)27-34(32)39)26-25-30(38)21-17-6-4-2/h15,18,25-26,30-35,38-40H,3-14,16-17,19-24,27-29H2,1-2H3,(H2,43,44,45)/b18-15+,26-25+/t30-,31+,32+,33+,34-,35+/m0/s1. The fourth-order valence-electron chi connectivity index (χ4n) is 6.13. The van der Waals surface area contributed by atoms with Crippen LogP contribution in [0.1, 0.15) is 149 Å². The van der Waals surface area contributed by atoms with Gasteiger partial charge in [-0.15, -0.1) is 0 Å². The zero-order chi connectivity index (χ0) is 36.3. The highest BCUT2D eigenvalue weighted by atomic mass is 31.2. The van der Waals surface area contributed by atoms with Gasteiger partial charge in [0.25, 0.3) is 0 Å². The molecule has 0 radical (unpaired) electrons. The fourth-order valence-corrected chi connectivity index (χ4v) is 6.49. The van der Waals surface area contributed by atoms with Crippen molar-refractivity contribution in [2.24, 2.45) is 11.8 Å². The molecule has 1 saturated carbocycles. The number of carbonyl (C=O) groups excluding carboxylic acids is 2. The van der Waals surface area contributed by atoms with Crippen LogP contribution in [0, 0.1) is 11.8 Å². The van der Waals surface area contributed by atoms with Gasteiger partial charge in [0.2, 0.25) is 0 Å². The van der Waals surface area contributed by atoms with Crippen molar-refractivity contribution in [3.8, 4) is 0 Å². The maximum Gasteiger partial charge on any atom is 0.469 e. The van der Waals surface area contributed by atoms with Crippen LogP contribution in [0.4, 0.5) is 0 Å². The molecule has 1 fully saturated rings. The summed E-state index contributed by atoms with van der Waals surface area (Å²) in [4.78, 5) is 42.8. The summed E-state index contributed by atoms with van der Waals surface area (Å²) in [5.74, 6) is -1.50. The van der Waals surface area contributed by atoms with Gasteiger partial charge in [-0.2, -0.15) is 0 Å². The molecule has 0 spiro atoms. The second kappa shape index (κ2) is 28.1. The molecule has 1 aliphatic carbocycles. The SMILES string of the molecule is CCCCCCCCCCCCCC(=O)OC[C@H](COP(=O)(O)O)OC(=O)CCC/C=C/C[C@@H]1[C@@H](/C=C/[C@@H](O)CCCCC)[C@H](O)C[C@@H]1O. The molecule has 0 heterocycles. The van der Waals surface area contributed by atoms with Crippen LogP contribution >= 0.6 is 7.82 Å². The van der Waals surface area contributed by atoms with E-state index < -0.39 is 50.8 Å². The van der Waals surface area contributed by atoms with Gasteiger partial charge in [-0.3, -0.25) is 14.1 Å². The molecule has 12 heteroatoms. The molecule has 0 aromatic carbocycles. The molecular formula is C37H67O11P. The summed E-state index contributed by atoms with van der Waals surface area (Å²) in [5, 5.41) is 31.1. The topological polar surface area (TPSA) is 180 Å². The van der Waals surface area contributed by atoms with Gasteiger partial charge in [-0.25, -0.2) is 4.57 Å². The second-order valence-electron chi connectivity index (χ2n) is 13.5. The first-order chi connectivity index (χ1) is 23.5. The number of aliphatic hydroxyl groups excluding tert-OH is 3. The third kappa shape index (κ3) is 24.3. The minimum absolute atomic E-state index is 0.0372. The third-order valence-electron chi connectivity index (χ3n) is 9.04. The molecule has 0 aromatic rings. The largest absolute Gasteiger partial charge is 0.469 e. The van der Waals surface area contributed by atoms with Crippen LogP contribution in [-0.4, -0.2) is 74.7 Å². The Morgan fingerprint density at radius 3 is 2.00 bits per heavy atom. The Kier molecular flexibility index (Phi) is 26.0. The number of esters is 2. The zero-order valence-corrected chi connectivity index (χ0v) is 31.1. The molecule has 0 aromatic heterocycles. The lowest BCUT2D eigenvalue weighted by Crippen LogP contribution is -2.29. The molecule has 11 nitrogen and oxygen atoms in total. The number of aliphatic hydroxyl groups is 3. The monoisotopic (exact) mass is 718 g/mol. The summed E-state index contributed by atoms with van der Waals surface area (Å²) < 4.78 is 26.3. The third-order valence-corrected chi connectivity index (χ3v) is 9.53. The summed E-state index contributed by atoms with van der Waals surface area (Å²) in [7, 11) is -4.81. The lowest BCUT2D eigenvalue weighted by atomic mass is 9.89. The minimum atomic E-state index is -4.81. The first-order valence-electron chi connectivity index (χ1n) is 18.9. The molecule has 1 aliphatic rings. The normalized spacial score (nSPS) is 21.0. The number of allylic oxidation sites excluding steroid dienone is 2. The summed E-state index contributed by atoms with van der Waals surface area (Å²) in [6.45, 7) is 3.35. The molecule has 0 saturated heterocycles. The van der Waals surface area contributed by atoms with Crippen LogP contribution < -0.4 is 0 Å². The van der Waals surface area contributed by atoms with E-state index in [-0.39, 0.29) is 37.7 Å². The minimum Gasteiger partial charge on any atom is -0.462 e. The number of hydrogen-bond acceptors (Lipinski definition) is 9. The Hall–Kier alpha value is -1.59. The first kappa shape index (κ1) is 45.4. The van der Waals surface area contributed by atoms with Gasteiger partial charge >= 0.3 is 19.8 Å². The van der Waals surface area contributed by atoms with E-state index in [2.05, 4.69) is 18.4 Å².